The second-order valence-electron chi connectivity index (χ2n) is 7.85. The van der Waals surface area contributed by atoms with E-state index in [1.165, 1.54) is 16.0 Å². The first-order valence-electron chi connectivity index (χ1n) is 10.8. The van der Waals surface area contributed by atoms with E-state index in [1.54, 1.807) is 27.7 Å². The van der Waals surface area contributed by atoms with Crippen LogP contribution in [0.1, 0.15) is 29.3 Å². The Morgan fingerprint density at radius 2 is 1.81 bits per heavy atom. The normalized spacial score (nSPS) is 14.1. The van der Waals surface area contributed by atoms with Crippen LogP contribution in [-0.4, -0.2) is 27.5 Å². The van der Waals surface area contributed by atoms with E-state index in [1.807, 2.05) is 48.5 Å². The molecule has 0 N–H and O–H groups in total. The van der Waals surface area contributed by atoms with Crippen LogP contribution in [0.25, 0.3) is 15.9 Å². The van der Waals surface area contributed by atoms with E-state index < -0.39 is 0 Å². The average molecular weight is 448 g/mol. The zero-order valence-corrected chi connectivity index (χ0v) is 19.2. The molecule has 4 aromatic rings. The molecule has 6 heteroatoms. The van der Waals surface area contributed by atoms with Crippen LogP contribution in [-0.2, 0) is 18.7 Å². The molecule has 1 aliphatic rings. The molecule has 0 spiro atoms. The Morgan fingerprint density at radius 3 is 2.55 bits per heavy atom. The van der Waals surface area contributed by atoms with Crippen molar-refractivity contribution in [2.75, 3.05) is 13.1 Å². The van der Waals surface area contributed by atoms with Crippen LogP contribution in [0.4, 0.5) is 0 Å². The van der Waals surface area contributed by atoms with Gasteiger partial charge in [0.15, 0.2) is 5.16 Å². The second-order valence-corrected chi connectivity index (χ2v) is 9.88. The number of nitrogens with zero attached hydrogens (tertiary/aromatic N) is 3. The van der Waals surface area contributed by atoms with Crippen LogP contribution in [0.5, 0.6) is 0 Å². The van der Waals surface area contributed by atoms with Gasteiger partial charge in [0.2, 0.25) is 0 Å². The Bertz CT molecular complexity index is 1250. The minimum absolute atomic E-state index is 0.0632. The summed E-state index contributed by atoms with van der Waals surface area (Å²) in [5, 5.41) is 1.58. The predicted octanol–water partition coefficient (Wildman–Crippen LogP) is 5.51. The van der Waals surface area contributed by atoms with Gasteiger partial charge in [-0.05, 0) is 42.6 Å². The molecule has 0 radical (unpaired) electrons. The molecule has 5 rings (SSSR count). The molecule has 3 heterocycles. The first-order chi connectivity index (χ1) is 15.2. The molecule has 0 atom stereocenters. The van der Waals surface area contributed by atoms with E-state index >= 15 is 0 Å². The van der Waals surface area contributed by atoms with Crippen molar-refractivity contribution in [1.29, 1.82) is 0 Å². The topological polar surface area (TPSA) is 38.1 Å². The number of aromatic nitrogens is 2. The summed E-state index contributed by atoms with van der Waals surface area (Å²) in [7, 11) is 0. The highest BCUT2D eigenvalue weighted by Crippen LogP contribution is 2.34. The molecule has 0 bridgehead atoms. The summed E-state index contributed by atoms with van der Waals surface area (Å²) in [4.78, 5) is 23.5. The molecule has 158 valence electrons. The van der Waals surface area contributed by atoms with E-state index in [0.717, 1.165) is 59.3 Å². The average Bonchev–Trinajstić information content (AvgIpc) is 3.17. The first kappa shape index (κ1) is 20.5. The minimum atomic E-state index is 0.0632. The van der Waals surface area contributed by atoms with Crippen molar-refractivity contribution in [2.24, 2.45) is 0 Å². The van der Waals surface area contributed by atoms with Crippen LogP contribution < -0.4 is 5.56 Å². The molecular formula is C25H25N3OS2. The lowest BCUT2D eigenvalue weighted by Crippen LogP contribution is -2.31. The molecule has 0 amide bonds. The summed E-state index contributed by atoms with van der Waals surface area (Å²) in [5.41, 5.74) is 3.38. The lowest BCUT2D eigenvalue weighted by Gasteiger charge is -2.26. The second kappa shape index (κ2) is 8.99. The van der Waals surface area contributed by atoms with Gasteiger partial charge in [-0.1, -0.05) is 67.2 Å². The standard InChI is InChI=1S/C25H25N3OS2/c1-2-14-27-15-13-20-21(16-27)31-23-22(20)24(29)28(19-11-7-4-8-12-19)25(26-23)30-17-18-9-5-3-6-10-18/h3-12H,2,13-17H2,1H3. The lowest BCUT2D eigenvalue weighted by atomic mass is 10.1. The molecule has 4 nitrogen and oxygen atoms in total. The fourth-order valence-electron chi connectivity index (χ4n) is 4.21. The van der Waals surface area contributed by atoms with E-state index in [0.29, 0.717) is 0 Å². The molecule has 0 fully saturated rings. The molecule has 0 saturated heterocycles. The number of hydrogen-bond acceptors (Lipinski definition) is 5. The van der Waals surface area contributed by atoms with Crippen LogP contribution >= 0.6 is 23.1 Å². The number of para-hydroxylation sites is 1. The third-order valence-corrected chi connectivity index (χ3v) is 7.81. The van der Waals surface area contributed by atoms with Crippen LogP contribution in [0.2, 0.25) is 0 Å². The quantitative estimate of drug-likeness (QED) is 0.289. The predicted molar refractivity (Wildman–Crippen MR) is 130 cm³/mol. The van der Waals surface area contributed by atoms with E-state index in [4.69, 9.17) is 4.98 Å². The van der Waals surface area contributed by atoms with Gasteiger partial charge in [0.05, 0.1) is 11.1 Å². The van der Waals surface area contributed by atoms with Gasteiger partial charge in [-0.25, -0.2) is 4.98 Å². The highest BCUT2D eigenvalue weighted by molar-refractivity contribution is 7.98. The van der Waals surface area contributed by atoms with Gasteiger partial charge in [-0.2, -0.15) is 0 Å². The summed E-state index contributed by atoms with van der Waals surface area (Å²) >= 11 is 3.33. The molecule has 2 aromatic carbocycles. The van der Waals surface area contributed by atoms with Crippen molar-refractivity contribution in [3.8, 4) is 5.69 Å². The van der Waals surface area contributed by atoms with Gasteiger partial charge in [-0.15, -0.1) is 11.3 Å². The fourth-order valence-corrected chi connectivity index (χ4v) is 6.48. The maximum atomic E-state index is 13.8. The van der Waals surface area contributed by atoms with Gasteiger partial charge in [0.25, 0.3) is 5.56 Å². The molecule has 1 aliphatic heterocycles. The third-order valence-electron chi connectivity index (χ3n) is 5.69. The van der Waals surface area contributed by atoms with Crippen molar-refractivity contribution in [2.45, 2.75) is 37.2 Å². The van der Waals surface area contributed by atoms with Crippen molar-refractivity contribution < 1.29 is 0 Å². The number of benzene rings is 2. The highest BCUT2D eigenvalue weighted by atomic mass is 32.2. The number of thiophene rings is 1. The summed E-state index contributed by atoms with van der Waals surface area (Å²) in [6.45, 7) is 5.27. The number of fused-ring (bicyclic) bond motifs is 3. The lowest BCUT2D eigenvalue weighted by molar-refractivity contribution is 0.258. The molecule has 0 aliphatic carbocycles. The number of thioether (sulfide) groups is 1. The molecular weight excluding hydrogens is 422 g/mol. The van der Waals surface area contributed by atoms with Gasteiger partial charge in [0, 0.05) is 23.7 Å². The maximum absolute atomic E-state index is 13.8. The zero-order valence-electron chi connectivity index (χ0n) is 17.6. The van der Waals surface area contributed by atoms with Crippen molar-refractivity contribution in [3.05, 3.63) is 87.0 Å². The zero-order chi connectivity index (χ0) is 21.2. The van der Waals surface area contributed by atoms with Crippen molar-refractivity contribution in [3.63, 3.8) is 0 Å². The van der Waals surface area contributed by atoms with E-state index in [-0.39, 0.29) is 5.56 Å². The fraction of sp³-hybridized carbons (Fsp3) is 0.280. The molecule has 2 aromatic heterocycles. The molecule has 0 saturated carbocycles. The largest absolute Gasteiger partial charge is 0.298 e. The summed E-state index contributed by atoms with van der Waals surface area (Å²) in [5.74, 6) is 0.779. The van der Waals surface area contributed by atoms with Gasteiger partial charge in [-0.3, -0.25) is 14.3 Å². The number of hydrogen-bond donors (Lipinski definition) is 0. The summed E-state index contributed by atoms with van der Waals surface area (Å²) in [6.07, 6.45) is 2.08. The van der Waals surface area contributed by atoms with Gasteiger partial charge in [0.1, 0.15) is 4.83 Å². The van der Waals surface area contributed by atoms with E-state index in [9.17, 15) is 4.79 Å². The molecule has 31 heavy (non-hydrogen) atoms. The summed E-state index contributed by atoms with van der Waals surface area (Å²) in [6, 6.07) is 20.3. The van der Waals surface area contributed by atoms with Crippen LogP contribution in [0, 0.1) is 0 Å². The van der Waals surface area contributed by atoms with E-state index in [2.05, 4.69) is 24.0 Å². The monoisotopic (exact) mass is 447 g/mol. The third kappa shape index (κ3) is 4.07. The number of rotatable bonds is 6. The Labute approximate surface area is 190 Å². The van der Waals surface area contributed by atoms with Crippen molar-refractivity contribution >= 4 is 33.3 Å². The van der Waals surface area contributed by atoms with Crippen LogP contribution in [0.15, 0.2) is 70.6 Å². The summed E-state index contributed by atoms with van der Waals surface area (Å²) < 4.78 is 1.81. The minimum Gasteiger partial charge on any atom is -0.298 e. The Balaban J connectivity index is 1.62. The Kier molecular flexibility index (Phi) is 5.94. The van der Waals surface area contributed by atoms with Gasteiger partial charge >= 0.3 is 0 Å². The molecule has 0 unspecified atom stereocenters. The smallest absolute Gasteiger partial charge is 0.267 e. The Hall–Kier alpha value is -2.41. The van der Waals surface area contributed by atoms with Crippen molar-refractivity contribution in [1.82, 2.24) is 14.5 Å². The first-order valence-corrected chi connectivity index (χ1v) is 12.6. The maximum Gasteiger partial charge on any atom is 0.267 e. The SMILES string of the molecule is CCCN1CCc2c(sc3nc(SCc4ccccc4)n(-c4ccccc4)c(=O)c23)C1. The van der Waals surface area contributed by atoms with Crippen LogP contribution in [0.3, 0.4) is 0 Å². The Morgan fingerprint density at radius 1 is 1.06 bits per heavy atom. The van der Waals surface area contributed by atoms with Gasteiger partial charge < -0.3 is 0 Å². The highest BCUT2D eigenvalue weighted by Gasteiger charge is 2.25.